The summed E-state index contributed by atoms with van der Waals surface area (Å²) in [5, 5.41) is 0. The Morgan fingerprint density at radius 2 is 2.31 bits per heavy atom. The zero-order valence-electron chi connectivity index (χ0n) is 8.01. The molecule has 0 heterocycles. The van der Waals surface area contributed by atoms with E-state index in [0.29, 0.717) is 5.92 Å². The second kappa shape index (κ2) is 3.06. The summed E-state index contributed by atoms with van der Waals surface area (Å²) in [4.78, 5) is 0. The fourth-order valence-electron chi connectivity index (χ4n) is 2.05. The van der Waals surface area contributed by atoms with E-state index in [4.69, 9.17) is 7.85 Å². The van der Waals surface area contributed by atoms with Crippen molar-refractivity contribution in [3.05, 3.63) is 47.1 Å². The number of hydrogen-bond donors (Lipinski definition) is 0. The lowest BCUT2D eigenvalue weighted by Crippen LogP contribution is -1.98. The van der Waals surface area contributed by atoms with E-state index in [1.807, 2.05) is 6.08 Å². The molecule has 0 saturated heterocycles. The normalized spacial score (nSPS) is 24.8. The van der Waals surface area contributed by atoms with Crippen LogP contribution in [0.1, 0.15) is 13.3 Å². The van der Waals surface area contributed by atoms with Gasteiger partial charge in [-0.05, 0) is 35.6 Å². The topological polar surface area (TPSA) is 0 Å². The van der Waals surface area contributed by atoms with Gasteiger partial charge in [-0.25, -0.2) is 0 Å². The van der Waals surface area contributed by atoms with E-state index in [1.54, 1.807) is 0 Å². The predicted octanol–water partition coefficient (Wildman–Crippen LogP) is 2.96. The van der Waals surface area contributed by atoms with Crippen molar-refractivity contribution in [2.24, 2.45) is 5.92 Å². The Kier molecular flexibility index (Phi) is 2.03. The molecule has 0 aromatic carbocycles. The Labute approximate surface area is 81.1 Å². The average Bonchev–Trinajstić information content (AvgIpc) is 2.84. The number of rotatable bonds is 3. The molecule has 0 N–H and O–H groups in total. The van der Waals surface area contributed by atoms with Gasteiger partial charge in [0.25, 0.3) is 0 Å². The molecule has 0 fully saturated rings. The molecule has 13 heavy (non-hydrogen) atoms. The highest BCUT2D eigenvalue weighted by Crippen LogP contribution is 2.45. The minimum atomic E-state index is 0.616. The van der Waals surface area contributed by atoms with Crippen molar-refractivity contribution >= 4 is 7.85 Å². The van der Waals surface area contributed by atoms with Crippen molar-refractivity contribution in [2.45, 2.75) is 19.7 Å². The largest absolute Gasteiger partial charge is 0.0985 e. The van der Waals surface area contributed by atoms with Crippen LogP contribution in [0.5, 0.6) is 0 Å². The maximum atomic E-state index is 5.59. The first-order valence-corrected chi connectivity index (χ1v) is 4.74. The first-order chi connectivity index (χ1) is 6.27. The van der Waals surface area contributed by atoms with Crippen LogP contribution in [-0.2, 0) is 0 Å². The summed E-state index contributed by atoms with van der Waals surface area (Å²) in [6.07, 6.45) is 8.25. The fourth-order valence-corrected chi connectivity index (χ4v) is 2.05. The van der Waals surface area contributed by atoms with Crippen molar-refractivity contribution in [3.8, 4) is 0 Å². The molecule has 0 spiro atoms. The average molecular weight is 168 g/mol. The van der Waals surface area contributed by atoms with Crippen LogP contribution in [-0.4, -0.2) is 7.85 Å². The molecule has 1 unspecified atom stereocenters. The van der Waals surface area contributed by atoms with Gasteiger partial charge in [0.05, 0.1) is 7.85 Å². The number of hydrogen-bond acceptors (Lipinski definition) is 0. The summed E-state index contributed by atoms with van der Waals surface area (Å²) in [5.41, 5.74) is 5.54. The lowest BCUT2D eigenvalue weighted by Gasteiger charge is -2.16. The molecule has 0 amide bonds. The molecule has 0 aromatic rings. The first-order valence-electron chi connectivity index (χ1n) is 4.74. The Morgan fingerprint density at radius 1 is 1.54 bits per heavy atom. The third kappa shape index (κ3) is 1.33. The molecule has 2 aliphatic rings. The van der Waals surface area contributed by atoms with Gasteiger partial charge < -0.3 is 0 Å². The van der Waals surface area contributed by atoms with E-state index in [-0.39, 0.29) is 0 Å². The van der Waals surface area contributed by atoms with Gasteiger partial charge in [-0.3, -0.25) is 0 Å². The molecule has 0 aliphatic heterocycles. The van der Waals surface area contributed by atoms with E-state index in [2.05, 4.69) is 25.7 Å². The minimum Gasteiger partial charge on any atom is -0.0985 e. The first kappa shape index (κ1) is 8.62. The van der Waals surface area contributed by atoms with E-state index in [0.717, 1.165) is 12.7 Å². The Morgan fingerprint density at radius 3 is 2.92 bits per heavy atom. The zero-order chi connectivity index (χ0) is 9.42. The van der Waals surface area contributed by atoms with Crippen LogP contribution in [0, 0.1) is 5.92 Å². The summed E-state index contributed by atoms with van der Waals surface area (Å²) in [7, 11) is 5.59. The second-order valence-corrected chi connectivity index (χ2v) is 3.63. The van der Waals surface area contributed by atoms with Gasteiger partial charge in [0, 0.05) is 5.92 Å². The molecule has 1 atom stereocenters. The highest BCUT2D eigenvalue weighted by atomic mass is 14.3. The Bertz CT molecular complexity index is 342. The molecule has 0 saturated carbocycles. The third-order valence-electron chi connectivity index (χ3n) is 2.74. The van der Waals surface area contributed by atoms with Gasteiger partial charge in [0.2, 0.25) is 0 Å². The van der Waals surface area contributed by atoms with Gasteiger partial charge in [0.15, 0.2) is 0 Å². The van der Waals surface area contributed by atoms with Gasteiger partial charge in [-0.1, -0.05) is 31.1 Å². The molecular weight excluding hydrogens is 155 g/mol. The highest BCUT2D eigenvalue weighted by molar-refractivity contribution is 6.08. The molecular formula is C12H13B. The van der Waals surface area contributed by atoms with Crippen LogP contribution in [0.2, 0.25) is 6.32 Å². The van der Waals surface area contributed by atoms with Crippen molar-refractivity contribution < 1.29 is 0 Å². The minimum absolute atomic E-state index is 0.616. The van der Waals surface area contributed by atoms with Crippen LogP contribution in [0.25, 0.3) is 0 Å². The highest BCUT2D eigenvalue weighted by Gasteiger charge is 2.30. The summed E-state index contributed by atoms with van der Waals surface area (Å²) in [6, 6.07) is 0. The Hall–Kier alpha value is -0.975. The van der Waals surface area contributed by atoms with Crippen LogP contribution >= 0.6 is 0 Å². The zero-order valence-corrected chi connectivity index (χ0v) is 8.01. The Balaban J connectivity index is 2.38. The van der Waals surface area contributed by atoms with E-state index >= 15 is 0 Å². The van der Waals surface area contributed by atoms with Crippen LogP contribution in [0.4, 0.5) is 0 Å². The number of allylic oxidation sites excluding steroid dienone is 7. The second-order valence-electron chi connectivity index (χ2n) is 3.63. The molecule has 0 nitrogen and oxygen atoms in total. The van der Waals surface area contributed by atoms with Crippen LogP contribution < -0.4 is 0 Å². The summed E-state index contributed by atoms with van der Waals surface area (Å²) in [5.74, 6) is 0.616. The van der Waals surface area contributed by atoms with Gasteiger partial charge in [-0.15, -0.1) is 0 Å². The smallest absolute Gasteiger partial charge is 0.0657 e. The maximum absolute atomic E-state index is 5.59. The monoisotopic (exact) mass is 168 g/mol. The lowest BCUT2D eigenvalue weighted by atomic mass is 9.86. The molecule has 64 valence electrons. The number of fused-ring (bicyclic) bond motifs is 1. The van der Waals surface area contributed by atoms with E-state index in [1.165, 1.54) is 22.3 Å². The summed E-state index contributed by atoms with van der Waals surface area (Å²) < 4.78 is 0. The quantitative estimate of drug-likeness (QED) is 0.568. The molecule has 0 aromatic heterocycles. The van der Waals surface area contributed by atoms with Crippen molar-refractivity contribution in [1.29, 1.82) is 0 Å². The van der Waals surface area contributed by atoms with Crippen molar-refractivity contribution in [3.63, 3.8) is 0 Å². The van der Waals surface area contributed by atoms with E-state index in [9.17, 15) is 0 Å². The van der Waals surface area contributed by atoms with E-state index < -0.39 is 0 Å². The third-order valence-corrected chi connectivity index (χ3v) is 2.74. The summed E-state index contributed by atoms with van der Waals surface area (Å²) >= 11 is 0. The predicted molar refractivity (Wildman–Crippen MR) is 57.7 cm³/mol. The summed E-state index contributed by atoms with van der Waals surface area (Å²) in [6.45, 7) is 6.00. The molecule has 0 bridgehead atoms. The molecule has 2 aliphatic carbocycles. The maximum Gasteiger partial charge on any atom is 0.0657 e. The van der Waals surface area contributed by atoms with Crippen LogP contribution in [0.15, 0.2) is 47.1 Å². The molecule has 1 heteroatoms. The lowest BCUT2D eigenvalue weighted by molar-refractivity contribution is 1.01. The van der Waals surface area contributed by atoms with Crippen LogP contribution in [0.3, 0.4) is 0 Å². The van der Waals surface area contributed by atoms with Crippen molar-refractivity contribution in [2.75, 3.05) is 0 Å². The van der Waals surface area contributed by atoms with Crippen molar-refractivity contribution in [1.82, 2.24) is 0 Å². The standard InChI is InChI=1S/C12H13B/c1-3-10-8(2)6-9-7-12(9)11(10)4-5-13/h3,6-7,9H,1,4-5H2,2H3. The molecule has 2 rings (SSSR count). The van der Waals surface area contributed by atoms with Gasteiger partial charge in [-0.2, -0.15) is 0 Å². The molecule has 2 radical (unpaired) electrons. The fraction of sp³-hybridized carbons (Fsp3) is 0.333. The SMILES string of the molecule is [B]CCC1=C(C=C)C(C)=CC2C=C12. The van der Waals surface area contributed by atoms with Gasteiger partial charge in [0.1, 0.15) is 0 Å². The van der Waals surface area contributed by atoms with Gasteiger partial charge >= 0.3 is 0 Å².